The van der Waals surface area contributed by atoms with Gasteiger partial charge in [0.05, 0.1) is 0 Å². The minimum atomic E-state index is -0.213. The molecular weight excluding hydrogens is 252 g/mol. The zero-order valence-electron chi connectivity index (χ0n) is 12.5. The number of ketones is 1. The van der Waals surface area contributed by atoms with E-state index < -0.39 is 0 Å². The number of rotatable bonds is 5. The Balaban J connectivity index is 1.89. The van der Waals surface area contributed by atoms with E-state index in [1.165, 1.54) is 12.8 Å². The van der Waals surface area contributed by atoms with Crippen molar-refractivity contribution in [3.05, 3.63) is 11.1 Å². The van der Waals surface area contributed by atoms with Gasteiger partial charge in [-0.3, -0.25) is 4.79 Å². The summed E-state index contributed by atoms with van der Waals surface area (Å²) in [6, 6.07) is 0. The van der Waals surface area contributed by atoms with Crippen molar-refractivity contribution in [1.82, 2.24) is 0 Å². The van der Waals surface area contributed by atoms with Crippen molar-refractivity contribution in [3.63, 3.8) is 0 Å². The summed E-state index contributed by atoms with van der Waals surface area (Å²) in [6.45, 7) is 4.32. The predicted octanol–water partition coefficient (Wildman–Crippen LogP) is 3.57. The van der Waals surface area contributed by atoms with Crippen LogP contribution in [0.3, 0.4) is 0 Å². The summed E-state index contributed by atoms with van der Waals surface area (Å²) in [5, 5.41) is 0. The topological polar surface area (TPSA) is 43.4 Å². The standard InChI is InChI=1S/C17H24O3/c1-3-4-5-6-7-12-15-13(18)10-11-8-9-14(17(11,15)2)20-16(12)19/h11,14H,3-10H2,1-2H3/t11-,14-,17+/m1/s1. The van der Waals surface area contributed by atoms with Gasteiger partial charge in [-0.05, 0) is 31.6 Å². The fourth-order valence-electron chi connectivity index (χ4n) is 4.45. The third-order valence-corrected chi connectivity index (χ3v) is 5.62. The Kier molecular flexibility index (Phi) is 3.47. The number of ether oxygens (including phenoxy) is 1. The average Bonchev–Trinajstić information content (AvgIpc) is 2.85. The fraction of sp³-hybridized carbons (Fsp3) is 0.765. The van der Waals surface area contributed by atoms with Crippen LogP contribution in [0.2, 0.25) is 0 Å². The van der Waals surface area contributed by atoms with Crippen molar-refractivity contribution in [2.75, 3.05) is 0 Å². The predicted molar refractivity (Wildman–Crippen MR) is 76.1 cm³/mol. The maximum Gasteiger partial charge on any atom is 0.334 e. The first-order chi connectivity index (χ1) is 9.59. The van der Waals surface area contributed by atoms with Gasteiger partial charge in [-0.2, -0.15) is 0 Å². The summed E-state index contributed by atoms with van der Waals surface area (Å²) in [7, 11) is 0. The molecule has 0 aromatic rings. The van der Waals surface area contributed by atoms with Crippen LogP contribution in [-0.4, -0.2) is 17.9 Å². The van der Waals surface area contributed by atoms with Crippen molar-refractivity contribution < 1.29 is 14.3 Å². The molecule has 3 rings (SSSR count). The zero-order chi connectivity index (χ0) is 14.3. The second-order valence-electron chi connectivity index (χ2n) is 6.74. The van der Waals surface area contributed by atoms with Crippen LogP contribution in [-0.2, 0) is 14.3 Å². The lowest BCUT2D eigenvalue weighted by molar-refractivity contribution is -0.151. The van der Waals surface area contributed by atoms with Crippen LogP contribution in [0.4, 0.5) is 0 Å². The summed E-state index contributed by atoms with van der Waals surface area (Å²) in [6.07, 6.45) is 7.71. The Bertz CT molecular complexity index is 477. The summed E-state index contributed by atoms with van der Waals surface area (Å²) >= 11 is 0. The van der Waals surface area contributed by atoms with E-state index in [-0.39, 0.29) is 23.3 Å². The number of carbonyl (C=O) groups excluding carboxylic acids is 2. The Morgan fingerprint density at radius 2 is 2.00 bits per heavy atom. The van der Waals surface area contributed by atoms with Gasteiger partial charge in [0.1, 0.15) is 6.10 Å². The quantitative estimate of drug-likeness (QED) is 0.569. The van der Waals surface area contributed by atoms with Crippen LogP contribution in [0.25, 0.3) is 0 Å². The van der Waals surface area contributed by atoms with E-state index in [0.717, 1.165) is 37.7 Å². The summed E-state index contributed by atoms with van der Waals surface area (Å²) < 4.78 is 5.66. The zero-order valence-corrected chi connectivity index (χ0v) is 12.5. The van der Waals surface area contributed by atoms with Crippen LogP contribution >= 0.6 is 0 Å². The minimum Gasteiger partial charge on any atom is -0.458 e. The molecule has 2 fully saturated rings. The molecule has 3 heteroatoms. The van der Waals surface area contributed by atoms with Crippen molar-refractivity contribution >= 4 is 11.8 Å². The molecule has 0 amide bonds. The molecule has 0 N–H and O–H groups in total. The van der Waals surface area contributed by atoms with E-state index >= 15 is 0 Å². The highest BCUT2D eigenvalue weighted by molar-refractivity contribution is 6.08. The van der Waals surface area contributed by atoms with Crippen LogP contribution in [0, 0.1) is 11.3 Å². The van der Waals surface area contributed by atoms with Crippen molar-refractivity contribution in [2.24, 2.45) is 11.3 Å². The molecule has 1 heterocycles. The third-order valence-electron chi connectivity index (χ3n) is 5.62. The monoisotopic (exact) mass is 276 g/mol. The molecule has 0 aromatic carbocycles. The molecule has 3 atom stereocenters. The van der Waals surface area contributed by atoms with Crippen molar-refractivity contribution in [2.45, 2.75) is 71.3 Å². The molecular formula is C17H24O3. The maximum atomic E-state index is 12.4. The lowest BCUT2D eigenvalue weighted by Gasteiger charge is -2.37. The highest BCUT2D eigenvalue weighted by Gasteiger charge is 2.61. The van der Waals surface area contributed by atoms with Gasteiger partial charge in [0.15, 0.2) is 5.78 Å². The number of hydrogen-bond acceptors (Lipinski definition) is 3. The molecule has 3 nitrogen and oxygen atoms in total. The first kappa shape index (κ1) is 13.8. The van der Waals surface area contributed by atoms with Gasteiger partial charge in [-0.1, -0.05) is 33.1 Å². The van der Waals surface area contributed by atoms with E-state index in [4.69, 9.17) is 4.74 Å². The van der Waals surface area contributed by atoms with Gasteiger partial charge < -0.3 is 4.74 Å². The maximum absolute atomic E-state index is 12.4. The Hall–Kier alpha value is -1.12. The molecule has 0 unspecified atom stereocenters. The number of Topliss-reactive ketones (excluding diaryl/α,β-unsaturated/α-hetero) is 1. The second kappa shape index (κ2) is 5.01. The molecule has 2 saturated carbocycles. The summed E-state index contributed by atoms with van der Waals surface area (Å²) in [4.78, 5) is 24.6. The van der Waals surface area contributed by atoms with E-state index in [9.17, 15) is 9.59 Å². The molecule has 0 bridgehead atoms. The van der Waals surface area contributed by atoms with Crippen LogP contribution in [0.5, 0.6) is 0 Å². The Labute approximate surface area is 120 Å². The number of hydrogen-bond donors (Lipinski definition) is 0. The number of carbonyl (C=O) groups is 2. The molecule has 1 aliphatic heterocycles. The van der Waals surface area contributed by atoms with E-state index in [0.29, 0.717) is 17.9 Å². The van der Waals surface area contributed by atoms with E-state index in [2.05, 4.69) is 13.8 Å². The van der Waals surface area contributed by atoms with Crippen LogP contribution in [0.1, 0.15) is 65.2 Å². The first-order valence-corrected chi connectivity index (χ1v) is 8.06. The lowest BCUT2D eigenvalue weighted by Crippen LogP contribution is -2.40. The largest absolute Gasteiger partial charge is 0.458 e. The smallest absolute Gasteiger partial charge is 0.334 e. The Morgan fingerprint density at radius 3 is 2.75 bits per heavy atom. The van der Waals surface area contributed by atoms with Gasteiger partial charge in [0.25, 0.3) is 0 Å². The molecule has 0 aromatic heterocycles. The molecule has 110 valence electrons. The van der Waals surface area contributed by atoms with Gasteiger partial charge >= 0.3 is 5.97 Å². The molecule has 20 heavy (non-hydrogen) atoms. The van der Waals surface area contributed by atoms with E-state index in [1.807, 2.05) is 0 Å². The molecule has 0 radical (unpaired) electrons. The highest BCUT2D eigenvalue weighted by atomic mass is 16.5. The van der Waals surface area contributed by atoms with Gasteiger partial charge in [0.2, 0.25) is 0 Å². The Morgan fingerprint density at radius 1 is 1.20 bits per heavy atom. The molecule has 2 aliphatic carbocycles. The third kappa shape index (κ3) is 1.86. The van der Waals surface area contributed by atoms with Gasteiger partial charge in [-0.15, -0.1) is 0 Å². The average molecular weight is 276 g/mol. The number of unbranched alkanes of at least 4 members (excludes halogenated alkanes) is 3. The lowest BCUT2D eigenvalue weighted by atomic mass is 9.73. The van der Waals surface area contributed by atoms with Gasteiger partial charge in [-0.25, -0.2) is 4.79 Å². The van der Waals surface area contributed by atoms with Gasteiger partial charge in [0, 0.05) is 23.0 Å². The highest BCUT2D eigenvalue weighted by Crippen LogP contribution is 2.59. The van der Waals surface area contributed by atoms with E-state index in [1.54, 1.807) is 0 Å². The second-order valence-corrected chi connectivity index (χ2v) is 6.74. The van der Waals surface area contributed by atoms with Crippen LogP contribution in [0.15, 0.2) is 11.1 Å². The summed E-state index contributed by atoms with van der Waals surface area (Å²) in [5.74, 6) is 0.396. The summed E-state index contributed by atoms with van der Waals surface area (Å²) in [5.41, 5.74) is 1.37. The van der Waals surface area contributed by atoms with Crippen molar-refractivity contribution in [3.8, 4) is 0 Å². The molecule has 0 saturated heterocycles. The molecule has 3 aliphatic rings. The van der Waals surface area contributed by atoms with Crippen LogP contribution < -0.4 is 0 Å². The first-order valence-electron chi connectivity index (χ1n) is 8.06. The molecule has 0 spiro atoms. The SMILES string of the molecule is CCCCCCC1=C2C(=O)C[C@H]3CC[C@@H](OC1=O)[C@@]23C. The minimum absolute atomic E-state index is 0.0548. The normalized spacial score (nSPS) is 35.5. The number of esters is 1. The van der Waals surface area contributed by atoms with Crippen molar-refractivity contribution in [1.29, 1.82) is 0 Å². The fourth-order valence-corrected chi connectivity index (χ4v) is 4.45.